The van der Waals surface area contributed by atoms with Crippen molar-refractivity contribution in [2.75, 3.05) is 12.4 Å². The Morgan fingerprint density at radius 3 is 2.64 bits per heavy atom. The zero-order valence-corrected chi connectivity index (χ0v) is 8.41. The van der Waals surface area contributed by atoms with Crippen molar-refractivity contribution >= 4 is 16.5 Å². The molecule has 1 heterocycles. The maximum absolute atomic E-state index is 11.5. The normalized spacial score (nSPS) is 10.1. The van der Waals surface area contributed by atoms with Gasteiger partial charge in [0.2, 0.25) is 5.13 Å². The van der Waals surface area contributed by atoms with E-state index >= 15 is 0 Å². The third-order valence-corrected chi connectivity index (χ3v) is 2.59. The minimum atomic E-state index is -0.0828. The first kappa shape index (κ1) is 8.96. The number of para-hydroxylation sites is 1. The first-order chi connectivity index (χ1) is 6.81. The zero-order chi connectivity index (χ0) is 9.97. The van der Waals surface area contributed by atoms with Crippen molar-refractivity contribution in [2.45, 2.75) is 0 Å². The number of aromatic nitrogens is 2. The van der Waals surface area contributed by atoms with Gasteiger partial charge in [0.25, 0.3) is 0 Å². The molecule has 0 bridgehead atoms. The minimum absolute atomic E-state index is 0.0828. The molecule has 0 fully saturated rings. The van der Waals surface area contributed by atoms with Gasteiger partial charge in [-0.1, -0.05) is 18.2 Å². The molecular formula is C9H9N3OS. The van der Waals surface area contributed by atoms with Crippen LogP contribution in [0.4, 0.5) is 5.13 Å². The lowest BCUT2D eigenvalue weighted by Crippen LogP contribution is -2.11. The predicted molar refractivity (Wildman–Crippen MR) is 57.3 cm³/mol. The van der Waals surface area contributed by atoms with Crippen LogP contribution in [0, 0.1) is 0 Å². The van der Waals surface area contributed by atoms with Crippen molar-refractivity contribution in [3.8, 4) is 5.69 Å². The number of anilines is 1. The van der Waals surface area contributed by atoms with Crippen molar-refractivity contribution in [2.24, 2.45) is 0 Å². The van der Waals surface area contributed by atoms with Crippen LogP contribution in [0.1, 0.15) is 0 Å². The van der Waals surface area contributed by atoms with Crippen LogP contribution < -0.4 is 10.2 Å². The molecule has 0 atom stereocenters. The van der Waals surface area contributed by atoms with Crippen LogP contribution in [-0.2, 0) is 0 Å². The van der Waals surface area contributed by atoms with Gasteiger partial charge in [0, 0.05) is 7.05 Å². The summed E-state index contributed by atoms with van der Waals surface area (Å²) in [6, 6.07) is 9.35. The third kappa shape index (κ3) is 1.54. The Morgan fingerprint density at radius 1 is 1.36 bits per heavy atom. The summed E-state index contributed by atoms with van der Waals surface area (Å²) in [7, 11) is 1.74. The summed E-state index contributed by atoms with van der Waals surface area (Å²) in [4.78, 5) is 11.4. The van der Waals surface area contributed by atoms with Gasteiger partial charge in [-0.3, -0.25) is 4.79 Å². The highest BCUT2D eigenvalue weighted by atomic mass is 32.1. The van der Waals surface area contributed by atoms with Crippen LogP contribution in [0.3, 0.4) is 0 Å². The van der Waals surface area contributed by atoms with Gasteiger partial charge in [-0.25, -0.2) is 0 Å². The highest BCUT2D eigenvalue weighted by Crippen LogP contribution is 2.09. The first-order valence-corrected chi connectivity index (χ1v) is 4.96. The lowest BCUT2D eigenvalue weighted by Gasteiger charge is -1.96. The minimum Gasteiger partial charge on any atom is -0.363 e. The Hall–Kier alpha value is -1.62. The Kier molecular flexibility index (Phi) is 2.32. The van der Waals surface area contributed by atoms with Crippen molar-refractivity contribution in [3.63, 3.8) is 0 Å². The maximum Gasteiger partial charge on any atom is 0.331 e. The number of hydrogen-bond acceptors (Lipinski definition) is 4. The van der Waals surface area contributed by atoms with Gasteiger partial charge in [0.05, 0.1) is 5.69 Å². The number of nitrogens with one attached hydrogen (secondary N) is 1. The van der Waals surface area contributed by atoms with E-state index in [1.807, 2.05) is 30.3 Å². The van der Waals surface area contributed by atoms with Crippen LogP contribution in [0.5, 0.6) is 0 Å². The lowest BCUT2D eigenvalue weighted by molar-refractivity contribution is 0.855. The van der Waals surface area contributed by atoms with Crippen LogP contribution in [-0.4, -0.2) is 16.8 Å². The molecule has 5 heteroatoms. The predicted octanol–water partition coefficient (Wildman–Crippen LogP) is 1.34. The van der Waals surface area contributed by atoms with Gasteiger partial charge in [0.15, 0.2) is 0 Å². The molecule has 1 aromatic heterocycles. The van der Waals surface area contributed by atoms with E-state index in [1.54, 1.807) is 7.05 Å². The monoisotopic (exact) mass is 207 g/mol. The van der Waals surface area contributed by atoms with E-state index in [1.165, 1.54) is 4.68 Å². The first-order valence-electron chi connectivity index (χ1n) is 4.14. The van der Waals surface area contributed by atoms with Gasteiger partial charge >= 0.3 is 4.87 Å². The van der Waals surface area contributed by atoms with Gasteiger partial charge in [-0.15, -0.1) is 5.10 Å². The average Bonchev–Trinajstić information content (AvgIpc) is 2.61. The third-order valence-electron chi connectivity index (χ3n) is 1.76. The summed E-state index contributed by atoms with van der Waals surface area (Å²) >= 11 is 1.09. The Morgan fingerprint density at radius 2 is 2.07 bits per heavy atom. The molecule has 0 aliphatic carbocycles. The standard InChI is InChI=1S/C9H9N3OS/c1-10-8-11-12(9(13)14-8)7-5-3-2-4-6-7/h2-6H,1H3,(H,10,11). The number of nitrogens with zero attached hydrogens (tertiary/aromatic N) is 2. The molecule has 0 saturated carbocycles. The Labute approximate surface area is 84.8 Å². The van der Waals surface area contributed by atoms with E-state index < -0.39 is 0 Å². The molecule has 0 saturated heterocycles. The summed E-state index contributed by atoms with van der Waals surface area (Å²) in [6.45, 7) is 0. The van der Waals surface area contributed by atoms with E-state index in [2.05, 4.69) is 10.4 Å². The molecular weight excluding hydrogens is 198 g/mol. The molecule has 14 heavy (non-hydrogen) atoms. The van der Waals surface area contributed by atoms with E-state index in [-0.39, 0.29) is 4.87 Å². The molecule has 0 amide bonds. The number of benzene rings is 1. The molecule has 0 aliphatic heterocycles. The maximum atomic E-state index is 11.5. The van der Waals surface area contributed by atoms with Crippen LogP contribution in [0.15, 0.2) is 35.1 Å². The molecule has 1 aromatic carbocycles. The molecule has 72 valence electrons. The number of rotatable bonds is 2. The smallest absolute Gasteiger partial charge is 0.331 e. The van der Waals surface area contributed by atoms with Crippen molar-refractivity contribution in [3.05, 3.63) is 40.0 Å². The Balaban J connectivity index is 2.52. The fourth-order valence-corrected chi connectivity index (χ4v) is 1.73. The van der Waals surface area contributed by atoms with E-state index in [4.69, 9.17) is 0 Å². The topological polar surface area (TPSA) is 46.9 Å². The highest BCUT2D eigenvalue weighted by molar-refractivity contribution is 7.13. The molecule has 0 radical (unpaired) electrons. The van der Waals surface area contributed by atoms with Crippen LogP contribution in [0.2, 0.25) is 0 Å². The van der Waals surface area contributed by atoms with Crippen LogP contribution in [0.25, 0.3) is 5.69 Å². The molecule has 0 aliphatic rings. The summed E-state index contributed by atoms with van der Waals surface area (Å²) in [5, 5.41) is 7.58. The van der Waals surface area contributed by atoms with Crippen molar-refractivity contribution < 1.29 is 0 Å². The van der Waals surface area contributed by atoms with Gasteiger partial charge in [0.1, 0.15) is 0 Å². The summed E-state index contributed by atoms with van der Waals surface area (Å²) < 4.78 is 1.39. The fraction of sp³-hybridized carbons (Fsp3) is 0.111. The SMILES string of the molecule is CNc1nn(-c2ccccc2)c(=O)s1. The second-order valence-electron chi connectivity index (χ2n) is 2.67. The van der Waals surface area contributed by atoms with Gasteiger partial charge in [-0.05, 0) is 23.5 Å². The zero-order valence-electron chi connectivity index (χ0n) is 7.60. The molecule has 0 unspecified atom stereocenters. The van der Waals surface area contributed by atoms with E-state index in [0.29, 0.717) is 5.13 Å². The quantitative estimate of drug-likeness (QED) is 0.808. The van der Waals surface area contributed by atoms with Gasteiger partial charge in [-0.2, -0.15) is 4.68 Å². The largest absolute Gasteiger partial charge is 0.363 e. The average molecular weight is 207 g/mol. The molecule has 1 N–H and O–H groups in total. The highest BCUT2D eigenvalue weighted by Gasteiger charge is 2.05. The van der Waals surface area contributed by atoms with Gasteiger partial charge < -0.3 is 5.32 Å². The molecule has 2 rings (SSSR count). The van der Waals surface area contributed by atoms with Crippen molar-refractivity contribution in [1.29, 1.82) is 0 Å². The molecule has 2 aromatic rings. The van der Waals surface area contributed by atoms with Crippen LogP contribution >= 0.6 is 11.3 Å². The second kappa shape index (κ2) is 3.63. The molecule has 0 spiro atoms. The second-order valence-corrected chi connectivity index (χ2v) is 3.61. The summed E-state index contributed by atoms with van der Waals surface area (Å²) in [5.74, 6) is 0. The van der Waals surface area contributed by atoms with E-state index in [0.717, 1.165) is 17.0 Å². The number of hydrogen-bond donors (Lipinski definition) is 1. The van der Waals surface area contributed by atoms with E-state index in [9.17, 15) is 4.79 Å². The fourth-order valence-electron chi connectivity index (χ4n) is 1.11. The molecule has 4 nitrogen and oxygen atoms in total. The summed E-state index contributed by atoms with van der Waals surface area (Å²) in [5.41, 5.74) is 0.787. The summed E-state index contributed by atoms with van der Waals surface area (Å²) in [6.07, 6.45) is 0. The van der Waals surface area contributed by atoms with Crippen molar-refractivity contribution in [1.82, 2.24) is 9.78 Å². The lowest BCUT2D eigenvalue weighted by atomic mass is 10.3. The Bertz CT molecular complexity index is 474.